The van der Waals surface area contributed by atoms with Crippen molar-refractivity contribution >= 4 is 56.7 Å². The van der Waals surface area contributed by atoms with Crippen molar-refractivity contribution in [3.63, 3.8) is 0 Å². The number of carbonyl (C=O) groups excluding carboxylic acids is 2. The van der Waals surface area contributed by atoms with Crippen molar-refractivity contribution in [1.82, 2.24) is 0 Å². The average molecular weight is 475 g/mol. The molecule has 0 radical (unpaired) electrons. The number of carbonyl (C=O) groups is 2. The van der Waals surface area contributed by atoms with Crippen LogP contribution in [0.5, 0.6) is 0 Å². The van der Waals surface area contributed by atoms with E-state index in [1.807, 2.05) is 60.7 Å². The Bertz CT molecular complexity index is 957. The molecule has 1 N–H and O–H groups in total. The van der Waals surface area contributed by atoms with Gasteiger partial charge in [-0.3, -0.25) is 9.59 Å². The normalized spacial score (nSPS) is 10.5. The second-order valence-corrected chi connectivity index (χ2v) is 8.50. The molecule has 3 aromatic rings. The summed E-state index contributed by atoms with van der Waals surface area (Å²) in [7, 11) is 0. The predicted octanol–water partition coefficient (Wildman–Crippen LogP) is 6.26. The predicted molar refractivity (Wildman–Crippen MR) is 119 cm³/mol. The van der Waals surface area contributed by atoms with E-state index < -0.39 is 0 Å². The molecule has 0 heterocycles. The van der Waals surface area contributed by atoms with E-state index in [0.29, 0.717) is 16.3 Å². The van der Waals surface area contributed by atoms with Crippen LogP contribution in [0.15, 0.2) is 82.2 Å². The molecule has 0 aliphatic heterocycles. The molecule has 0 aliphatic carbocycles. The Hall–Kier alpha value is -2.08. The fourth-order valence-corrected chi connectivity index (χ4v) is 3.68. The lowest BCUT2D eigenvalue weighted by Gasteiger charge is -2.07. The zero-order chi connectivity index (χ0) is 19.9. The zero-order valence-electron chi connectivity index (χ0n) is 14.8. The molecule has 0 spiro atoms. The number of Topliss-reactive ketones (excluding diaryl/α,β-unsaturated/α-hetero) is 1. The molecule has 3 rings (SSSR count). The Morgan fingerprint density at radius 1 is 0.893 bits per heavy atom. The second-order valence-electron chi connectivity index (χ2n) is 6.09. The summed E-state index contributed by atoms with van der Waals surface area (Å²) in [5, 5.41) is 3.52. The maximum Gasteiger partial charge on any atom is 0.228 e. The molecule has 1 amide bonds. The highest BCUT2D eigenvalue weighted by Gasteiger charge is 2.08. The highest BCUT2D eigenvalue weighted by atomic mass is 79.9. The van der Waals surface area contributed by atoms with Crippen molar-refractivity contribution in [2.75, 3.05) is 11.1 Å². The van der Waals surface area contributed by atoms with Crippen LogP contribution in [-0.4, -0.2) is 17.4 Å². The molecular formula is C22H17BrClNO2S. The summed E-state index contributed by atoms with van der Waals surface area (Å²) in [6.45, 7) is 0. The topological polar surface area (TPSA) is 46.2 Å². The van der Waals surface area contributed by atoms with Gasteiger partial charge in [0.25, 0.3) is 0 Å². The van der Waals surface area contributed by atoms with Crippen LogP contribution in [0.2, 0.25) is 5.02 Å². The first-order chi connectivity index (χ1) is 13.5. The Kier molecular flexibility index (Phi) is 7.31. The van der Waals surface area contributed by atoms with Crippen molar-refractivity contribution in [2.45, 2.75) is 11.3 Å². The molecule has 0 saturated carbocycles. The minimum Gasteiger partial charge on any atom is -0.326 e. The molecule has 6 heteroatoms. The van der Waals surface area contributed by atoms with Crippen LogP contribution in [0.3, 0.4) is 0 Å². The van der Waals surface area contributed by atoms with Gasteiger partial charge in [-0.2, -0.15) is 0 Å². The second kappa shape index (κ2) is 9.92. The minimum atomic E-state index is -0.0897. The van der Waals surface area contributed by atoms with Gasteiger partial charge >= 0.3 is 0 Å². The number of hydrogen-bond acceptors (Lipinski definition) is 3. The first-order valence-corrected chi connectivity index (χ1v) is 10.7. The Morgan fingerprint density at radius 3 is 2.18 bits per heavy atom. The summed E-state index contributed by atoms with van der Waals surface area (Å²) >= 11 is 10.7. The van der Waals surface area contributed by atoms with E-state index in [4.69, 9.17) is 11.6 Å². The van der Waals surface area contributed by atoms with Crippen LogP contribution in [0.4, 0.5) is 5.69 Å². The van der Waals surface area contributed by atoms with Gasteiger partial charge in [0.2, 0.25) is 5.91 Å². The number of amides is 1. The van der Waals surface area contributed by atoms with Gasteiger partial charge in [0.05, 0.1) is 12.2 Å². The van der Waals surface area contributed by atoms with Gasteiger partial charge in [-0.05, 0) is 54.1 Å². The summed E-state index contributed by atoms with van der Waals surface area (Å²) in [5.74, 6) is 0.357. The van der Waals surface area contributed by atoms with Crippen LogP contribution in [0, 0.1) is 0 Å². The van der Waals surface area contributed by atoms with Crippen molar-refractivity contribution in [1.29, 1.82) is 0 Å². The molecule has 0 aromatic heterocycles. The number of ketones is 1. The molecule has 0 aliphatic rings. The van der Waals surface area contributed by atoms with E-state index in [0.717, 1.165) is 20.6 Å². The lowest BCUT2D eigenvalue weighted by molar-refractivity contribution is -0.115. The van der Waals surface area contributed by atoms with E-state index in [1.54, 1.807) is 12.1 Å². The molecule has 3 aromatic carbocycles. The van der Waals surface area contributed by atoms with Crippen LogP contribution in [-0.2, 0) is 11.2 Å². The molecule has 0 fully saturated rings. The van der Waals surface area contributed by atoms with Crippen molar-refractivity contribution in [3.05, 3.63) is 93.4 Å². The van der Waals surface area contributed by atoms with Gasteiger partial charge in [0.15, 0.2) is 5.78 Å². The van der Waals surface area contributed by atoms with Crippen molar-refractivity contribution < 1.29 is 9.59 Å². The summed E-state index contributed by atoms with van der Waals surface area (Å²) in [6, 6.07) is 22.0. The van der Waals surface area contributed by atoms with Gasteiger partial charge in [0, 0.05) is 25.6 Å². The van der Waals surface area contributed by atoms with Crippen molar-refractivity contribution in [3.8, 4) is 0 Å². The molecule has 0 bridgehead atoms. The maximum absolute atomic E-state index is 12.2. The number of anilines is 1. The monoisotopic (exact) mass is 473 g/mol. The highest BCUT2D eigenvalue weighted by molar-refractivity contribution is 9.10. The average Bonchev–Trinajstić information content (AvgIpc) is 2.69. The fraction of sp³-hybridized carbons (Fsp3) is 0.0909. The number of thioether (sulfide) groups is 1. The molecule has 142 valence electrons. The molecule has 28 heavy (non-hydrogen) atoms. The zero-order valence-corrected chi connectivity index (χ0v) is 18.0. The van der Waals surface area contributed by atoms with E-state index in [9.17, 15) is 9.59 Å². The van der Waals surface area contributed by atoms with Gasteiger partial charge in [0.1, 0.15) is 0 Å². The molecule has 0 atom stereocenters. The third-order valence-electron chi connectivity index (χ3n) is 3.95. The van der Waals surface area contributed by atoms with Crippen molar-refractivity contribution in [2.24, 2.45) is 0 Å². The number of benzene rings is 3. The minimum absolute atomic E-state index is 0.0813. The van der Waals surface area contributed by atoms with Gasteiger partial charge in [-0.15, -0.1) is 11.8 Å². The molecular weight excluding hydrogens is 458 g/mol. The van der Waals surface area contributed by atoms with E-state index in [-0.39, 0.29) is 18.1 Å². The Morgan fingerprint density at radius 2 is 1.54 bits per heavy atom. The van der Waals surface area contributed by atoms with E-state index in [1.165, 1.54) is 11.8 Å². The first-order valence-electron chi connectivity index (χ1n) is 8.55. The van der Waals surface area contributed by atoms with Crippen LogP contribution >= 0.6 is 39.3 Å². The lowest BCUT2D eigenvalue weighted by atomic mass is 10.1. The van der Waals surface area contributed by atoms with Crippen LogP contribution < -0.4 is 5.32 Å². The van der Waals surface area contributed by atoms with Crippen LogP contribution in [0.1, 0.15) is 15.9 Å². The van der Waals surface area contributed by atoms with E-state index in [2.05, 4.69) is 21.2 Å². The summed E-state index contributed by atoms with van der Waals surface area (Å²) in [6.07, 6.45) is 0.287. The lowest BCUT2D eigenvalue weighted by Crippen LogP contribution is -2.14. The number of nitrogens with one attached hydrogen (secondary N) is 1. The molecule has 0 unspecified atom stereocenters. The molecule has 3 nitrogen and oxygen atoms in total. The third kappa shape index (κ3) is 6.23. The van der Waals surface area contributed by atoms with Crippen LogP contribution in [0.25, 0.3) is 0 Å². The quantitative estimate of drug-likeness (QED) is 0.325. The largest absolute Gasteiger partial charge is 0.326 e. The third-order valence-corrected chi connectivity index (χ3v) is 5.74. The molecule has 0 saturated heterocycles. The van der Waals surface area contributed by atoms with Gasteiger partial charge < -0.3 is 5.32 Å². The number of halogens is 2. The first kappa shape index (κ1) is 20.6. The Labute approximate surface area is 181 Å². The Balaban J connectivity index is 1.50. The summed E-state index contributed by atoms with van der Waals surface area (Å²) < 4.78 is 0.949. The smallest absolute Gasteiger partial charge is 0.228 e. The summed E-state index contributed by atoms with van der Waals surface area (Å²) in [4.78, 5) is 25.4. The maximum atomic E-state index is 12.2. The number of rotatable bonds is 7. The summed E-state index contributed by atoms with van der Waals surface area (Å²) in [5.41, 5.74) is 2.32. The van der Waals surface area contributed by atoms with Gasteiger partial charge in [-0.1, -0.05) is 51.8 Å². The standard InChI is InChI=1S/C22H17BrClNO2S/c23-17-5-3-16(4-6-17)21(26)14-28-20-11-9-19(10-12-20)25-22(27)13-15-1-7-18(24)8-2-15/h1-12H,13-14H2,(H,25,27). The van der Waals surface area contributed by atoms with E-state index >= 15 is 0 Å². The SMILES string of the molecule is O=C(Cc1ccc(Cl)cc1)Nc1ccc(SCC(=O)c2ccc(Br)cc2)cc1. The fourth-order valence-electron chi connectivity index (χ4n) is 2.50. The van der Waals surface area contributed by atoms with Gasteiger partial charge in [-0.25, -0.2) is 0 Å². The number of hydrogen-bond donors (Lipinski definition) is 1. The highest BCUT2D eigenvalue weighted by Crippen LogP contribution is 2.22.